The van der Waals surface area contributed by atoms with E-state index < -0.39 is 5.91 Å². The van der Waals surface area contributed by atoms with E-state index in [9.17, 15) is 9.59 Å². The molecule has 0 aliphatic rings. The number of carbonyl (C=O) groups is 2. The average molecular weight is 323 g/mol. The molecule has 0 saturated heterocycles. The molecule has 0 spiro atoms. The lowest BCUT2D eigenvalue weighted by atomic mass is 10.2. The van der Waals surface area contributed by atoms with E-state index in [0.717, 1.165) is 0 Å². The number of primary amides is 1. The van der Waals surface area contributed by atoms with Crippen molar-refractivity contribution in [3.8, 4) is 0 Å². The lowest BCUT2D eigenvalue weighted by Gasteiger charge is -2.10. The topological polar surface area (TPSA) is 124 Å². The first-order chi connectivity index (χ1) is 9.95. The summed E-state index contributed by atoms with van der Waals surface area (Å²) in [4.78, 5) is 23.0. The fourth-order valence-electron chi connectivity index (χ4n) is 1.43. The molecular formula is C12H13N5O2S2. The number of benzene rings is 1. The zero-order valence-corrected chi connectivity index (χ0v) is 12.7. The minimum absolute atomic E-state index is 0.180. The van der Waals surface area contributed by atoms with Gasteiger partial charge in [0.1, 0.15) is 0 Å². The van der Waals surface area contributed by atoms with Crippen molar-refractivity contribution in [3.63, 3.8) is 0 Å². The molecule has 0 radical (unpaired) electrons. The van der Waals surface area contributed by atoms with Crippen LogP contribution in [0.4, 0.5) is 10.8 Å². The average Bonchev–Trinajstić information content (AvgIpc) is 2.84. The third-order valence-corrected chi connectivity index (χ3v) is 4.44. The zero-order chi connectivity index (χ0) is 15.4. The third kappa shape index (κ3) is 4.17. The molecule has 5 N–H and O–H groups in total. The van der Waals surface area contributed by atoms with Crippen molar-refractivity contribution in [2.24, 2.45) is 5.73 Å². The normalized spacial score (nSPS) is 11.9. The highest BCUT2D eigenvalue weighted by Crippen LogP contribution is 2.28. The summed E-state index contributed by atoms with van der Waals surface area (Å²) >= 11 is 2.51. The largest absolute Gasteiger partial charge is 0.374 e. The van der Waals surface area contributed by atoms with Crippen molar-refractivity contribution in [3.05, 3.63) is 29.8 Å². The number of nitrogens with one attached hydrogen (secondary N) is 1. The molecule has 2 amide bonds. The van der Waals surface area contributed by atoms with E-state index in [0.29, 0.717) is 20.7 Å². The maximum absolute atomic E-state index is 12.0. The number of rotatable bonds is 5. The summed E-state index contributed by atoms with van der Waals surface area (Å²) in [5.41, 5.74) is 11.6. The Kier molecular flexibility index (Phi) is 4.76. The van der Waals surface area contributed by atoms with Gasteiger partial charge in [0.2, 0.25) is 16.9 Å². The standard InChI is InChI=1S/C12H13N5O2S2/c1-6(20-12-17-16-11(14)21-12)10(19)15-8-4-2-7(3-5-8)9(13)18/h2-6H,1H3,(H2,13,18)(H2,14,16)(H,15,19)/t6-/m1/s1. The minimum Gasteiger partial charge on any atom is -0.374 e. The Morgan fingerprint density at radius 2 is 1.95 bits per heavy atom. The quantitative estimate of drug-likeness (QED) is 0.713. The molecule has 0 bridgehead atoms. The van der Waals surface area contributed by atoms with Crippen LogP contribution in [0, 0.1) is 0 Å². The molecule has 2 rings (SSSR count). The minimum atomic E-state index is -0.509. The highest BCUT2D eigenvalue weighted by Gasteiger charge is 2.17. The molecule has 0 fully saturated rings. The van der Waals surface area contributed by atoms with E-state index in [4.69, 9.17) is 11.5 Å². The van der Waals surface area contributed by atoms with Crippen LogP contribution in [-0.4, -0.2) is 27.3 Å². The molecule has 1 aromatic carbocycles. The highest BCUT2D eigenvalue weighted by atomic mass is 32.2. The van der Waals surface area contributed by atoms with Crippen LogP contribution >= 0.6 is 23.1 Å². The van der Waals surface area contributed by atoms with Crippen LogP contribution in [0.25, 0.3) is 0 Å². The lowest BCUT2D eigenvalue weighted by molar-refractivity contribution is -0.115. The summed E-state index contributed by atoms with van der Waals surface area (Å²) in [7, 11) is 0. The molecular weight excluding hydrogens is 310 g/mol. The summed E-state index contributed by atoms with van der Waals surface area (Å²) in [6, 6.07) is 6.36. The van der Waals surface area contributed by atoms with E-state index in [-0.39, 0.29) is 11.2 Å². The number of nitrogens with two attached hydrogens (primary N) is 2. The van der Waals surface area contributed by atoms with Crippen LogP contribution in [0.15, 0.2) is 28.6 Å². The number of nitrogens with zero attached hydrogens (tertiary/aromatic N) is 2. The number of hydrogen-bond acceptors (Lipinski definition) is 7. The molecule has 1 aromatic heterocycles. The molecule has 0 aliphatic heterocycles. The van der Waals surface area contributed by atoms with Gasteiger partial charge in [0.15, 0.2) is 4.34 Å². The predicted octanol–water partition coefficient (Wildman–Crippen LogP) is 1.34. The van der Waals surface area contributed by atoms with Crippen LogP contribution in [0.1, 0.15) is 17.3 Å². The van der Waals surface area contributed by atoms with Gasteiger partial charge < -0.3 is 16.8 Å². The Bertz CT molecular complexity index is 656. The second-order valence-electron chi connectivity index (χ2n) is 4.10. The van der Waals surface area contributed by atoms with Crippen molar-refractivity contribution in [2.75, 3.05) is 11.1 Å². The molecule has 7 nitrogen and oxygen atoms in total. The third-order valence-electron chi connectivity index (χ3n) is 2.51. The highest BCUT2D eigenvalue weighted by molar-refractivity contribution is 8.02. The lowest BCUT2D eigenvalue weighted by Crippen LogP contribution is -2.22. The fraction of sp³-hybridized carbons (Fsp3) is 0.167. The first-order valence-electron chi connectivity index (χ1n) is 5.92. The van der Waals surface area contributed by atoms with Gasteiger partial charge in [-0.15, -0.1) is 10.2 Å². The van der Waals surface area contributed by atoms with Crippen LogP contribution < -0.4 is 16.8 Å². The monoisotopic (exact) mass is 323 g/mol. The number of aromatic nitrogens is 2. The first kappa shape index (κ1) is 15.3. The van der Waals surface area contributed by atoms with Gasteiger partial charge in [-0.1, -0.05) is 23.1 Å². The number of nitrogen functional groups attached to an aromatic ring is 1. The summed E-state index contributed by atoms with van der Waals surface area (Å²) in [5, 5.41) is 10.3. The van der Waals surface area contributed by atoms with Crippen molar-refractivity contribution < 1.29 is 9.59 Å². The molecule has 0 unspecified atom stereocenters. The Labute approximate surface area is 129 Å². The van der Waals surface area contributed by atoms with E-state index >= 15 is 0 Å². The zero-order valence-electron chi connectivity index (χ0n) is 11.1. The van der Waals surface area contributed by atoms with Crippen molar-refractivity contribution >= 4 is 45.7 Å². The van der Waals surface area contributed by atoms with Gasteiger partial charge in [0, 0.05) is 11.3 Å². The second kappa shape index (κ2) is 6.55. The van der Waals surface area contributed by atoms with Crippen molar-refractivity contribution in [1.29, 1.82) is 0 Å². The molecule has 1 heterocycles. The molecule has 110 valence electrons. The Morgan fingerprint density at radius 1 is 1.29 bits per heavy atom. The molecule has 2 aromatic rings. The maximum Gasteiger partial charge on any atom is 0.248 e. The van der Waals surface area contributed by atoms with Crippen molar-refractivity contribution in [1.82, 2.24) is 10.2 Å². The van der Waals surface area contributed by atoms with E-state index in [1.54, 1.807) is 31.2 Å². The van der Waals surface area contributed by atoms with Gasteiger partial charge in [-0.05, 0) is 31.2 Å². The van der Waals surface area contributed by atoms with E-state index in [1.807, 2.05) is 0 Å². The molecule has 0 saturated carbocycles. The fourth-order valence-corrected chi connectivity index (χ4v) is 3.21. The number of thioether (sulfide) groups is 1. The van der Waals surface area contributed by atoms with Gasteiger partial charge in [0.25, 0.3) is 0 Å². The Morgan fingerprint density at radius 3 is 2.48 bits per heavy atom. The smallest absolute Gasteiger partial charge is 0.248 e. The molecule has 0 aliphatic carbocycles. The number of anilines is 2. The molecule has 21 heavy (non-hydrogen) atoms. The van der Waals surface area contributed by atoms with Gasteiger partial charge in [-0.3, -0.25) is 9.59 Å². The summed E-state index contributed by atoms with van der Waals surface area (Å²) < 4.78 is 0.638. The maximum atomic E-state index is 12.0. The molecule has 1 atom stereocenters. The van der Waals surface area contributed by atoms with Gasteiger partial charge >= 0.3 is 0 Å². The first-order valence-corrected chi connectivity index (χ1v) is 7.61. The summed E-state index contributed by atoms with van der Waals surface area (Å²) in [6.45, 7) is 1.76. The van der Waals surface area contributed by atoms with Gasteiger partial charge in [-0.2, -0.15) is 0 Å². The van der Waals surface area contributed by atoms with Gasteiger partial charge in [0.05, 0.1) is 5.25 Å². The predicted molar refractivity (Wildman–Crippen MR) is 83.2 cm³/mol. The number of hydrogen-bond donors (Lipinski definition) is 3. The number of amides is 2. The second-order valence-corrected chi connectivity index (χ2v) is 6.69. The van der Waals surface area contributed by atoms with Gasteiger partial charge in [-0.25, -0.2) is 0 Å². The van der Waals surface area contributed by atoms with Crippen LogP contribution in [0.2, 0.25) is 0 Å². The van der Waals surface area contributed by atoms with Crippen LogP contribution in [0.5, 0.6) is 0 Å². The van der Waals surface area contributed by atoms with Crippen molar-refractivity contribution in [2.45, 2.75) is 16.5 Å². The Hall–Kier alpha value is -2.13. The van der Waals surface area contributed by atoms with Crippen LogP contribution in [0.3, 0.4) is 0 Å². The SMILES string of the molecule is C[C@@H](Sc1nnc(N)s1)C(=O)Nc1ccc(C(N)=O)cc1. The summed E-state index contributed by atoms with van der Waals surface area (Å²) in [5.74, 6) is -0.689. The van der Waals surface area contributed by atoms with E-state index in [1.165, 1.54) is 23.1 Å². The summed E-state index contributed by atoms with van der Waals surface area (Å²) in [6.07, 6.45) is 0. The number of carbonyl (C=O) groups excluding carboxylic acids is 2. The molecule has 9 heteroatoms. The Balaban J connectivity index is 1.95. The van der Waals surface area contributed by atoms with E-state index in [2.05, 4.69) is 15.5 Å². The van der Waals surface area contributed by atoms with Crippen LogP contribution in [-0.2, 0) is 4.79 Å².